The second kappa shape index (κ2) is 6.50. The highest BCUT2D eigenvalue weighted by Gasteiger charge is 2.16. The SMILES string of the molecule is Cc1ccc(-n2c(S[C@H](C)C#N)nc3ccccc3c2=O)cc1C. The van der Waals surface area contributed by atoms with Gasteiger partial charge in [-0.1, -0.05) is 30.0 Å². The van der Waals surface area contributed by atoms with Crippen LogP contribution in [0.4, 0.5) is 0 Å². The summed E-state index contributed by atoms with van der Waals surface area (Å²) in [6.45, 7) is 5.85. The van der Waals surface area contributed by atoms with Crippen molar-refractivity contribution in [1.29, 1.82) is 5.26 Å². The third kappa shape index (κ3) is 2.93. The van der Waals surface area contributed by atoms with Gasteiger partial charge in [-0.25, -0.2) is 4.98 Å². The number of para-hydroxylation sites is 1. The Kier molecular flexibility index (Phi) is 4.41. The normalized spacial score (nSPS) is 12.1. The summed E-state index contributed by atoms with van der Waals surface area (Å²) >= 11 is 1.29. The Morgan fingerprint density at radius 2 is 1.92 bits per heavy atom. The third-order valence-electron chi connectivity index (χ3n) is 3.96. The Balaban J connectivity index is 2.32. The Morgan fingerprint density at radius 3 is 2.62 bits per heavy atom. The summed E-state index contributed by atoms with van der Waals surface area (Å²) in [6.07, 6.45) is 0. The molecule has 2 aromatic carbocycles. The fourth-order valence-electron chi connectivity index (χ4n) is 2.47. The summed E-state index contributed by atoms with van der Waals surface area (Å²) in [7, 11) is 0. The van der Waals surface area contributed by atoms with E-state index in [1.807, 2.05) is 50.2 Å². The summed E-state index contributed by atoms with van der Waals surface area (Å²) in [5.74, 6) is 0. The van der Waals surface area contributed by atoms with Gasteiger partial charge in [-0.15, -0.1) is 0 Å². The Bertz CT molecular complexity index is 1020. The average molecular weight is 335 g/mol. The molecule has 0 aliphatic rings. The van der Waals surface area contributed by atoms with Gasteiger partial charge in [0.2, 0.25) is 0 Å². The van der Waals surface area contributed by atoms with Crippen LogP contribution in [0.15, 0.2) is 52.4 Å². The highest BCUT2D eigenvalue weighted by molar-refractivity contribution is 8.00. The molecule has 0 fully saturated rings. The van der Waals surface area contributed by atoms with Crippen molar-refractivity contribution in [3.05, 3.63) is 63.9 Å². The Labute approximate surface area is 144 Å². The fraction of sp³-hybridized carbons (Fsp3) is 0.211. The number of thioether (sulfide) groups is 1. The Hall–Kier alpha value is -2.58. The molecule has 5 heteroatoms. The van der Waals surface area contributed by atoms with Gasteiger partial charge in [-0.3, -0.25) is 9.36 Å². The fourth-order valence-corrected chi connectivity index (χ4v) is 3.28. The molecule has 1 aromatic heterocycles. The summed E-state index contributed by atoms with van der Waals surface area (Å²) in [6, 6.07) is 15.4. The number of hydrogen-bond acceptors (Lipinski definition) is 4. The van der Waals surface area contributed by atoms with Crippen LogP contribution in [0.1, 0.15) is 18.1 Å². The van der Waals surface area contributed by atoms with Crippen molar-refractivity contribution in [2.75, 3.05) is 0 Å². The van der Waals surface area contributed by atoms with Crippen LogP contribution in [0.3, 0.4) is 0 Å². The standard InChI is InChI=1S/C19H17N3OS/c1-12-8-9-15(10-13(12)2)22-18(23)16-6-4-5-7-17(16)21-19(22)24-14(3)11-20/h4-10,14H,1-3H3/t14-/m1/s1. The lowest BCUT2D eigenvalue weighted by Gasteiger charge is -2.15. The number of fused-ring (bicyclic) bond motifs is 1. The molecular weight excluding hydrogens is 318 g/mol. The second-order valence-electron chi connectivity index (χ2n) is 5.71. The Morgan fingerprint density at radius 1 is 1.17 bits per heavy atom. The largest absolute Gasteiger partial charge is 0.268 e. The van der Waals surface area contributed by atoms with E-state index >= 15 is 0 Å². The molecule has 0 saturated carbocycles. The van der Waals surface area contributed by atoms with E-state index in [1.54, 1.807) is 17.6 Å². The van der Waals surface area contributed by atoms with Gasteiger partial charge in [0.05, 0.1) is 27.9 Å². The van der Waals surface area contributed by atoms with Crippen molar-refractivity contribution in [1.82, 2.24) is 9.55 Å². The number of hydrogen-bond donors (Lipinski definition) is 0. The van der Waals surface area contributed by atoms with Crippen LogP contribution in [0, 0.1) is 25.2 Å². The number of nitriles is 1. The highest BCUT2D eigenvalue weighted by Crippen LogP contribution is 2.25. The van der Waals surface area contributed by atoms with Gasteiger partial charge in [0.25, 0.3) is 5.56 Å². The van der Waals surface area contributed by atoms with Crippen LogP contribution in [-0.2, 0) is 0 Å². The summed E-state index contributed by atoms with van der Waals surface area (Å²) < 4.78 is 1.60. The van der Waals surface area contributed by atoms with Crippen molar-refractivity contribution in [2.24, 2.45) is 0 Å². The predicted octanol–water partition coefficient (Wildman–Crippen LogP) is 4.01. The van der Waals surface area contributed by atoms with Gasteiger partial charge in [0.15, 0.2) is 5.16 Å². The number of aryl methyl sites for hydroxylation is 2. The van der Waals surface area contributed by atoms with Gasteiger partial charge < -0.3 is 0 Å². The molecule has 0 aliphatic heterocycles. The molecule has 4 nitrogen and oxygen atoms in total. The first kappa shape index (κ1) is 16.3. The lowest BCUT2D eigenvalue weighted by Crippen LogP contribution is -2.22. The summed E-state index contributed by atoms with van der Waals surface area (Å²) in [5.41, 5.74) is 3.58. The molecule has 0 bridgehead atoms. The first-order valence-electron chi connectivity index (χ1n) is 7.67. The van der Waals surface area contributed by atoms with E-state index < -0.39 is 0 Å². The van der Waals surface area contributed by atoms with Crippen LogP contribution < -0.4 is 5.56 Å². The molecule has 0 unspecified atom stereocenters. The van der Waals surface area contributed by atoms with Gasteiger partial charge in [-0.05, 0) is 56.2 Å². The highest BCUT2D eigenvalue weighted by atomic mass is 32.2. The zero-order valence-electron chi connectivity index (χ0n) is 13.8. The predicted molar refractivity (Wildman–Crippen MR) is 97.7 cm³/mol. The number of benzene rings is 2. The number of aromatic nitrogens is 2. The number of rotatable bonds is 3. The van der Waals surface area contributed by atoms with Crippen molar-refractivity contribution in [2.45, 2.75) is 31.2 Å². The van der Waals surface area contributed by atoms with Crippen molar-refractivity contribution in [3.8, 4) is 11.8 Å². The van der Waals surface area contributed by atoms with Crippen LogP contribution in [0.2, 0.25) is 0 Å². The molecular formula is C19H17N3OS. The molecule has 24 heavy (non-hydrogen) atoms. The van der Waals surface area contributed by atoms with Crippen LogP contribution in [-0.4, -0.2) is 14.8 Å². The van der Waals surface area contributed by atoms with E-state index in [4.69, 9.17) is 5.26 Å². The lowest BCUT2D eigenvalue weighted by atomic mass is 10.1. The molecule has 1 atom stereocenters. The molecule has 3 aromatic rings. The molecule has 0 N–H and O–H groups in total. The van der Waals surface area contributed by atoms with Crippen LogP contribution >= 0.6 is 11.8 Å². The van der Waals surface area contributed by atoms with E-state index in [1.165, 1.54) is 17.3 Å². The smallest absolute Gasteiger partial charge is 0.266 e. The second-order valence-corrected chi connectivity index (χ2v) is 7.02. The lowest BCUT2D eigenvalue weighted by molar-refractivity contribution is 0.817. The molecule has 0 aliphatic carbocycles. The van der Waals surface area contributed by atoms with Crippen molar-refractivity contribution < 1.29 is 0 Å². The van der Waals surface area contributed by atoms with Crippen molar-refractivity contribution in [3.63, 3.8) is 0 Å². The van der Waals surface area contributed by atoms with Crippen molar-refractivity contribution >= 4 is 22.7 Å². The molecule has 3 rings (SSSR count). The molecule has 0 spiro atoms. The van der Waals surface area contributed by atoms with E-state index in [0.717, 1.165) is 11.3 Å². The zero-order valence-corrected chi connectivity index (χ0v) is 14.6. The molecule has 0 amide bonds. The maximum Gasteiger partial charge on any atom is 0.266 e. The topological polar surface area (TPSA) is 58.7 Å². The van der Waals surface area contributed by atoms with Crippen LogP contribution in [0.25, 0.3) is 16.6 Å². The minimum atomic E-state index is -0.296. The third-order valence-corrected chi connectivity index (χ3v) is 4.90. The number of nitrogens with zero attached hydrogens (tertiary/aromatic N) is 3. The molecule has 0 saturated heterocycles. The minimum Gasteiger partial charge on any atom is -0.268 e. The van der Waals surface area contributed by atoms with E-state index in [-0.39, 0.29) is 10.8 Å². The minimum absolute atomic E-state index is 0.114. The summed E-state index contributed by atoms with van der Waals surface area (Å²) in [5, 5.41) is 9.95. The maximum absolute atomic E-state index is 13.0. The van der Waals surface area contributed by atoms with Gasteiger partial charge in [-0.2, -0.15) is 5.26 Å². The van der Waals surface area contributed by atoms with E-state index in [2.05, 4.69) is 11.1 Å². The van der Waals surface area contributed by atoms with E-state index in [0.29, 0.717) is 16.1 Å². The zero-order chi connectivity index (χ0) is 17.3. The van der Waals surface area contributed by atoms with Crippen LogP contribution in [0.5, 0.6) is 0 Å². The average Bonchev–Trinajstić information content (AvgIpc) is 2.58. The molecule has 120 valence electrons. The monoisotopic (exact) mass is 335 g/mol. The van der Waals surface area contributed by atoms with Gasteiger partial charge >= 0.3 is 0 Å². The maximum atomic E-state index is 13.0. The first-order chi connectivity index (χ1) is 11.5. The van der Waals surface area contributed by atoms with E-state index in [9.17, 15) is 4.79 Å². The molecule has 1 heterocycles. The molecule has 0 radical (unpaired) electrons. The van der Waals surface area contributed by atoms with Gasteiger partial charge in [0.1, 0.15) is 0 Å². The quantitative estimate of drug-likeness (QED) is 0.536. The van der Waals surface area contributed by atoms with Gasteiger partial charge in [0, 0.05) is 0 Å². The first-order valence-corrected chi connectivity index (χ1v) is 8.55. The summed E-state index contributed by atoms with van der Waals surface area (Å²) in [4.78, 5) is 17.7.